The van der Waals surface area contributed by atoms with Crippen molar-refractivity contribution >= 4 is 5.97 Å². The Morgan fingerprint density at radius 1 is 1.42 bits per heavy atom. The molecule has 3 N–H and O–H groups in total. The minimum Gasteiger partial charge on any atom is -0.478 e. The summed E-state index contributed by atoms with van der Waals surface area (Å²) in [5.74, 6) is -0.298. The fourth-order valence-electron chi connectivity index (χ4n) is 2.71. The van der Waals surface area contributed by atoms with Crippen LogP contribution in [0.3, 0.4) is 0 Å². The summed E-state index contributed by atoms with van der Waals surface area (Å²) in [5.41, 5.74) is 7.61. The van der Waals surface area contributed by atoms with Crippen LogP contribution in [0.5, 0.6) is 0 Å². The van der Waals surface area contributed by atoms with E-state index < -0.39 is 5.97 Å². The van der Waals surface area contributed by atoms with Crippen molar-refractivity contribution in [2.24, 2.45) is 11.7 Å². The highest BCUT2D eigenvalue weighted by Crippen LogP contribution is 2.20. The van der Waals surface area contributed by atoms with Crippen LogP contribution >= 0.6 is 0 Å². The topological polar surface area (TPSA) is 66.6 Å². The van der Waals surface area contributed by atoms with Gasteiger partial charge >= 0.3 is 5.97 Å². The summed E-state index contributed by atoms with van der Waals surface area (Å²) in [6.07, 6.45) is 2.17. The summed E-state index contributed by atoms with van der Waals surface area (Å²) >= 11 is 0. The molecule has 104 valence electrons. The molecule has 0 amide bonds. The minimum atomic E-state index is -0.874. The number of carboxylic acids is 1. The number of nitrogens with two attached hydrogens (primary N) is 1. The average Bonchev–Trinajstić information content (AvgIpc) is 2.41. The van der Waals surface area contributed by atoms with Gasteiger partial charge in [-0.05, 0) is 36.6 Å². The van der Waals surface area contributed by atoms with Gasteiger partial charge in [0.05, 0.1) is 5.56 Å². The Labute approximate surface area is 114 Å². The van der Waals surface area contributed by atoms with E-state index in [2.05, 4.69) is 11.8 Å². The molecular weight excluding hydrogens is 240 g/mol. The van der Waals surface area contributed by atoms with E-state index in [1.807, 2.05) is 12.1 Å². The lowest BCUT2D eigenvalue weighted by atomic mass is 9.90. The molecule has 19 heavy (non-hydrogen) atoms. The van der Waals surface area contributed by atoms with Gasteiger partial charge < -0.3 is 10.8 Å². The van der Waals surface area contributed by atoms with E-state index in [1.165, 1.54) is 0 Å². The van der Waals surface area contributed by atoms with Crippen molar-refractivity contribution in [1.29, 1.82) is 0 Å². The van der Waals surface area contributed by atoms with E-state index in [1.54, 1.807) is 12.1 Å². The third kappa shape index (κ3) is 3.55. The first-order valence-corrected chi connectivity index (χ1v) is 6.90. The second-order valence-corrected chi connectivity index (χ2v) is 5.36. The molecule has 1 heterocycles. The average molecular weight is 262 g/mol. The van der Waals surface area contributed by atoms with Gasteiger partial charge in [0, 0.05) is 19.1 Å². The molecule has 1 aliphatic rings. The lowest BCUT2D eigenvalue weighted by Gasteiger charge is -2.36. The van der Waals surface area contributed by atoms with Gasteiger partial charge in [0.2, 0.25) is 0 Å². The van der Waals surface area contributed by atoms with E-state index in [-0.39, 0.29) is 0 Å². The monoisotopic (exact) mass is 262 g/mol. The molecule has 0 aromatic heterocycles. The highest BCUT2D eigenvalue weighted by molar-refractivity contribution is 5.87. The van der Waals surface area contributed by atoms with E-state index in [4.69, 9.17) is 10.8 Å². The maximum Gasteiger partial charge on any atom is 0.335 e. The van der Waals surface area contributed by atoms with Crippen molar-refractivity contribution in [2.75, 3.05) is 13.1 Å². The van der Waals surface area contributed by atoms with Crippen LogP contribution in [0.1, 0.15) is 35.7 Å². The third-order valence-electron chi connectivity index (χ3n) is 4.01. The standard InChI is InChI=1S/C15H22N2O2/c1-2-12-10-17(8-7-14(12)16)9-11-3-5-13(6-4-11)15(18)19/h3-6,12,14H,2,7-10,16H2,1H3,(H,18,19). The Morgan fingerprint density at radius 3 is 2.68 bits per heavy atom. The van der Waals surface area contributed by atoms with Crippen molar-refractivity contribution in [3.8, 4) is 0 Å². The summed E-state index contributed by atoms with van der Waals surface area (Å²) in [5, 5.41) is 8.87. The smallest absolute Gasteiger partial charge is 0.335 e. The molecule has 1 aliphatic heterocycles. The molecule has 0 spiro atoms. The first-order valence-electron chi connectivity index (χ1n) is 6.90. The number of likely N-dealkylation sites (tertiary alicyclic amines) is 1. The van der Waals surface area contributed by atoms with Crippen molar-refractivity contribution < 1.29 is 9.90 Å². The fourth-order valence-corrected chi connectivity index (χ4v) is 2.71. The second-order valence-electron chi connectivity index (χ2n) is 5.36. The number of carboxylic acid groups (broad SMARTS) is 1. The van der Waals surface area contributed by atoms with Crippen LogP contribution in [-0.2, 0) is 6.54 Å². The van der Waals surface area contributed by atoms with Crippen LogP contribution in [0.25, 0.3) is 0 Å². The molecule has 1 aromatic carbocycles. The number of piperidine rings is 1. The summed E-state index contributed by atoms with van der Waals surface area (Å²) in [4.78, 5) is 13.2. The van der Waals surface area contributed by atoms with Gasteiger partial charge in [0.25, 0.3) is 0 Å². The van der Waals surface area contributed by atoms with Gasteiger partial charge in [-0.3, -0.25) is 4.90 Å². The number of nitrogens with zero attached hydrogens (tertiary/aromatic N) is 1. The Kier molecular flexibility index (Phi) is 4.56. The second kappa shape index (κ2) is 6.17. The summed E-state index contributed by atoms with van der Waals surface area (Å²) in [6, 6.07) is 7.48. The number of hydrogen-bond donors (Lipinski definition) is 2. The predicted molar refractivity (Wildman–Crippen MR) is 75.1 cm³/mol. The van der Waals surface area contributed by atoms with Crippen LogP contribution in [0.2, 0.25) is 0 Å². The summed E-state index contributed by atoms with van der Waals surface area (Å²) in [6.45, 7) is 5.13. The molecule has 2 rings (SSSR count). The Balaban J connectivity index is 1.95. The van der Waals surface area contributed by atoms with E-state index in [9.17, 15) is 4.79 Å². The molecule has 0 aliphatic carbocycles. The maximum atomic E-state index is 10.8. The first-order chi connectivity index (χ1) is 9.10. The van der Waals surface area contributed by atoms with E-state index in [0.717, 1.165) is 38.0 Å². The number of carbonyl (C=O) groups is 1. The van der Waals surface area contributed by atoms with E-state index in [0.29, 0.717) is 17.5 Å². The zero-order valence-electron chi connectivity index (χ0n) is 11.4. The largest absolute Gasteiger partial charge is 0.478 e. The molecule has 0 saturated carbocycles. The lowest BCUT2D eigenvalue weighted by molar-refractivity contribution is 0.0697. The molecule has 2 unspecified atom stereocenters. The van der Waals surface area contributed by atoms with Crippen LogP contribution in [-0.4, -0.2) is 35.1 Å². The highest BCUT2D eigenvalue weighted by Gasteiger charge is 2.25. The Morgan fingerprint density at radius 2 is 2.11 bits per heavy atom. The molecule has 4 nitrogen and oxygen atoms in total. The first kappa shape index (κ1) is 14.0. The van der Waals surface area contributed by atoms with Crippen molar-refractivity contribution in [1.82, 2.24) is 4.90 Å². The minimum absolute atomic E-state index is 0.329. The molecule has 1 saturated heterocycles. The summed E-state index contributed by atoms with van der Waals surface area (Å²) < 4.78 is 0. The third-order valence-corrected chi connectivity index (χ3v) is 4.01. The van der Waals surface area contributed by atoms with Crippen LogP contribution in [0.15, 0.2) is 24.3 Å². The van der Waals surface area contributed by atoms with Crippen LogP contribution in [0, 0.1) is 5.92 Å². The van der Waals surface area contributed by atoms with Gasteiger partial charge in [-0.15, -0.1) is 0 Å². The Bertz CT molecular complexity index is 430. The molecule has 2 atom stereocenters. The van der Waals surface area contributed by atoms with Crippen molar-refractivity contribution in [3.05, 3.63) is 35.4 Å². The highest BCUT2D eigenvalue weighted by atomic mass is 16.4. The van der Waals surface area contributed by atoms with Gasteiger partial charge in [0.15, 0.2) is 0 Å². The SMILES string of the molecule is CCC1CN(Cc2ccc(C(=O)O)cc2)CCC1N. The van der Waals surface area contributed by atoms with Crippen molar-refractivity contribution in [2.45, 2.75) is 32.4 Å². The lowest BCUT2D eigenvalue weighted by Crippen LogP contribution is -2.46. The van der Waals surface area contributed by atoms with Crippen molar-refractivity contribution in [3.63, 3.8) is 0 Å². The van der Waals surface area contributed by atoms with Crippen LogP contribution < -0.4 is 5.73 Å². The normalized spacial score (nSPS) is 24.3. The van der Waals surface area contributed by atoms with Crippen LogP contribution in [0.4, 0.5) is 0 Å². The quantitative estimate of drug-likeness (QED) is 0.870. The molecule has 1 fully saturated rings. The maximum absolute atomic E-state index is 10.8. The predicted octanol–water partition coefficient (Wildman–Crippen LogP) is 1.94. The molecule has 1 aromatic rings. The Hall–Kier alpha value is -1.39. The summed E-state index contributed by atoms with van der Waals surface area (Å²) in [7, 11) is 0. The van der Waals surface area contributed by atoms with E-state index >= 15 is 0 Å². The van der Waals surface area contributed by atoms with Gasteiger partial charge in [-0.1, -0.05) is 25.5 Å². The number of hydrogen-bond acceptors (Lipinski definition) is 3. The number of rotatable bonds is 4. The molecular formula is C15H22N2O2. The van der Waals surface area contributed by atoms with Gasteiger partial charge in [-0.2, -0.15) is 0 Å². The number of aromatic carboxylic acids is 1. The van der Waals surface area contributed by atoms with Gasteiger partial charge in [-0.25, -0.2) is 4.79 Å². The zero-order valence-corrected chi connectivity index (χ0v) is 11.4. The molecule has 4 heteroatoms. The zero-order chi connectivity index (χ0) is 13.8. The number of benzene rings is 1. The molecule has 0 radical (unpaired) electrons. The van der Waals surface area contributed by atoms with Gasteiger partial charge in [0.1, 0.15) is 0 Å². The fraction of sp³-hybridized carbons (Fsp3) is 0.533. The molecule has 0 bridgehead atoms.